The van der Waals surface area contributed by atoms with E-state index in [1.165, 1.54) is 17.3 Å². The van der Waals surface area contributed by atoms with Crippen LogP contribution in [0.25, 0.3) is 0 Å². The number of hydrogen-bond acceptors (Lipinski definition) is 4. The lowest BCUT2D eigenvalue weighted by Crippen LogP contribution is -2.35. The SMILES string of the molecule is CC(C)CC(O)CNC(=O)Cn1cncn1. The Bertz CT molecular complexity index is 311. The van der Waals surface area contributed by atoms with E-state index >= 15 is 0 Å². The predicted molar refractivity (Wildman–Crippen MR) is 58.5 cm³/mol. The highest BCUT2D eigenvalue weighted by Gasteiger charge is 2.09. The van der Waals surface area contributed by atoms with Crippen molar-refractivity contribution in [1.82, 2.24) is 20.1 Å². The molecule has 0 spiro atoms. The molecular formula is C10H18N4O2. The number of nitrogens with zero attached hydrogens (tertiary/aromatic N) is 3. The Labute approximate surface area is 94.7 Å². The summed E-state index contributed by atoms with van der Waals surface area (Å²) in [5, 5.41) is 16.0. The normalized spacial score (nSPS) is 12.8. The van der Waals surface area contributed by atoms with E-state index in [0.717, 1.165) is 0 Å². The van der Waals surface area contributed by atoms with Gasteiger partial charge >= 0.3 is 0 Å². The van der Waals surface area contributed by atoms with Gasteiger partial charge in [-0.2, -0.15) is 5.10 Å². The Morgan fingerprint density at radius 2 is 2.31 bits per heavy atom. The van der Waals surface area contributed by atoms with Crippen molar-refractivity contribution in [1.29, 1.82) is 0 Å². The van der Waals surface area contributed by atoms with Crippen LogP contribution in [0.3, 0.4) is 0 Å². The summed E-state index contributed by atoms with van der Waals surface area (Å²) >= 11 is 0. The van der Waals surface area contributed by atoms with Crippen LogP contribution in [-0.2, 0) is 11.3 Å². The van der Waals surface area contributed by atoms with Crippen molar-refractivity contribution in [2.75, 3.05) is 6.54 Å². The molecule has 0 aliphatic rings. The van der Waals surface area contributed by atoms with E-state index in [0.29, 0.717) is 12.3 Å². The minimum Gasteiger partial charge on any atom is -0.391 e. The fraction of sp³-hybridized carbons (Fsp3) is 0.700. The van der Waals surface area contributed by atoms with Crippen LogP contribution in [0.5, 0.6) is 0 Å². The van der Waals surface area contributed by atoms with Gasteiger partial charge in [-0.25, -0.2) is 9.67 Å². The number of nitrogens with one attached hydrogen (secondary N) is 1. The summed E-state index contributed by atoms with van der Waals surface area (Å²) in [6.07, 6.45) is 3.05. The van der Waals surface area contributed by atoms with Gasteiger partial charge in [0.25, 0.3) is 0 Å². The highest BCUT2D eigenvalue weighted by Crippen LogP contribution is 2.02. The molecule has 1 atom stereocenters. The van der Waals surface area contributed by atoms with Gasteiger partial charge in [-0.05, 0) is 12.3 Å². The molecule has 0 radical (unpaired) electrons. The van der Waals surface area contributed by atoms with E-state index in [1.807, 2.05) is 13.8 Å². The van der Waals surface area contributed by atoms with Crippen molar-refractivity contribution in [3.63, 3.8) is 0 Å². The smallest absolute Gasteiger partial charge is 0.241 e. The van der Waals surface area contributed by atoms with Gasteiger partial charge < -0.3 is 10.4 Å². The molecular weight excluding hydrogens is 208 g/mol. The third-order valence-corrected chi connectivity index (χ3v) is 2.05. The van der Waals surface area contributed by atoms with E-state index in [4.69, 9.17) is 0 Å². The molecule has 1 heterocycles. The van der Waals surface area contributed by atoms with Crippen molar-refractivity contribution in [3.8, 4) is 0 Å². The fourth-order valence-corrected chi connectivity index (χ4v) is 1.38. The molecule has 1 amide bonds. The third kappa shape index (κ3) is 4.88. The number of carbonyl (C=O) groups excluding carboxylic acids is 1. The van der Waals surface area contributed by atoms with Crippen LogP contribution in [0.4, 0.5) is 0 Å². The van der Waals surface area contributed by atoms with Crippen LogP contribution in [-0.4, -0.2) is 38.4 Å². The van der Waals surface area contributed by atoms with E-state index < -0.39 is 6.10 Å². The summed E-state index contributed by atoms with van der Waals surface area (Å²) in [6.45, 7) is 4.47. The maximum Gasteiger partial charge on any atom is 0.241 e. The molecule has 0 bridgehead atoms. The molecule has 2 N–H and O–H groups in total. The first-order chi connectivity index (χ1) is 7.58. The average Bonchev–Trinajstić information content (AvgIpc) is 2.66. The quantitative estimate of drug-likeness (QED) is 0.704. The zero-order valence-electron chi connectivity index (χ0n) is 9.63. The van der Waals surface area contributed by atoms with Crippen molar-refractivity contribution in [3.05, 3.63) is 12.7 Å². The summed E-state index contributed by atoms with van der Waals surface area (Å²) in [5.74, 6) is 0.246. The van der Waals surface area contributed by atoms with Crippen LogP contribution in [0.15, 0.2) is 12.7 Å². The standard InChI is InChI=1S/C10H18N4O2/c1-8(2)3-9(15)4-12-10(16)5-14-7-11-6-13-14/h6-9,15H,3-5H2,1-2H3,(H,12,16). The summed E-state index contributed by atoms with van der Waals surface area (Å²) in [5.41, 5.74) is 0. The average molecular weight is 226 g/mol. The lowest BCUT2D eigenvalue weighted by Gasteiger charge is -2.13. The maximum absolute atomic E-state index is 11.4. The highest BCUT2D eigenvalue weighted by molar-refractivity contribution is 5.75. The first-order valence-corrected chi connectivity index (χ1v) is 5.35. The van der Waals surface area contributed by atoms with Gasteiger partial charge in [-0.1, -0.05) is 13.8 Å². The number of aliphatic hydroxyl groups is 1. The fourth-order valence-electron chi connectivity index (χ4n) is 1.38. The monoisotopic (exact) mass is 226 g/mol. The van der Waals surface area contributed by atoms with E-state index in [1.54, 1.807) is 0 Å². The number of rotatable bonds is 6. The lowest BCUT2D eigenvalue weighted by atomic mass is 10.1. The Morgan fingerprint density at radius 1 is 1.56 bits per heavy atom. The maximum atomic E-state index is 11.4. The lowest BCUT2D eigenvalue weighted by molar-refractivity contribution is -0.122. The third-order valence-electron chi connectivity index (χ3n) is 2.05. The summed E-state index contributed by atoms with van der Waals surface area (Å²) in [6, 6.07) is 0. The minimum absolute atomic E-state index is 0.133. The molecule has 90 valence electrons. The number of amides is 1. The van der Waals surface area contributed by atoms with Crippen LogP contribution in [0.2, 0.25) is 0 Å². The van der Waals surface area contributed by atoms with Gasteiger partial charge in [0, 0.05) is 6.54 Å². The van der Waals surface area contributed by atoms with Crippen LogP contribution in [0.1, 0.15) is 20.3 Å². The first-order valence-electron chi connectivity index (χ1n) is 5.35. The van der Waals surface area contributed by atoms with Gasteiger partial charge in [0.2, 0.25) is 5.91 Å². The molecule has 0 saturated heterocycles. The molecule has 1 aromatic heterocycles. The van der Waals surface area contributed by atoms with E-state index in [9.17, 15) is 9.90 Å². The number of carbonyl (C=O) groups is 1. The molecule has 0 aliphatic carbocycles. The number of aliphatic hydroxyl groups excluding tert-OH is 1. The van der Waals surface area contributed by atoms with Crippen LogP contribution in [0, 0.1) is 5.92 Å². The predicted octanol–water partition coefficient (Wildman–Crippen LogP) is -0.199. The zero-order valence-corrected chi connectivity index (χ0v) is 9.63. The molecule has 1 rings (SSSR count). The van der Waals surface area contributed by atoms with Gasteiger partial charge in [0.05, 0.1) is 6.10 Å². The van der Waals surface area contributed by atoms with Crippen molar-refractivity contribution in [2.24, 2.45) is 5.92 Å². The Kier molecular flexibility index (Phi) is 4.91. The molecule has 16 heavy (non-hydrogen) atoms. The second-order valence-electron chi connectivity index (χ2n) is 4.18. The number of aromatic nitrogens is 3. The van der Waals surface area contributed by atoms with Gasteiger partial charge in [0.1, 0.15) is 19.2 Å². The molecule has 6 heteroatoms. The summed E-state index contributed by atoms with van der Waals surface area (Å²) in [7, 11) is 0. The Balaban J connectivity index is 2.20. The summed E-state index contributed by atoms with van der Waals surface area (Å²) < 4.78 is 1.43. The van der Waals surface area contributed by atoms with Gasteiger partial charge in [0.15, 0.2) is 0 Å². The number of hydrogen-bond donors (Lipinski definition) is 2. The van der Waals surface area contributed by atoms with Gasteiger partial charge in [-0.15, -0.1) is 0 Å². The second-order valence-corrected chi connectivity index (χ2v) is 4.18. The molecule has 0 aliphatic heterocycles. The molecule has 0 fully saturated rings. The zero-order chi connectivity index (χ0) is 12.0. The molecule has 0 saturated carbocycles. The van der Waals surface area contributed by atoms with Crippen molar-refractivity contribution < 1.29 is 9.90 Å². The second kappa shape index (κ2) is 6.22. The van der Waals surface area contributed by atoms with E-state index in [2.05, 4.69) is 15.4 Å². The first kappa shape index (κ1) is 12.6. The van der Waals surface area contributed by atoms with Crippen LogP contribution < -0.4 is 5.32 Å². The minimum atomic E-state index is -0.486. The van der Waals surface area contributed by atoms with Crippen molar-refractivity contribution >= 4 is 5.91 Å². The largest absolute Gasteiger partial charge is 0.391 e. The molecule has 1 aromatic rings. The Morgan fingerprint density at radius 3 is 2.88 bits per heavy atom. The molecule has 6 nitrogen and oxygen atoms in total. The highest BCUT2D eigenvalue weighted by atomic mass is 16.3. The van der Waals surface area contributed by atoms with Gasteiger partial charge in [-0.3, -0.25) is 4.79 Å². The van der Waals surface area contributed by atoms with E-state index in [-0.39, 0.29) is 19.0 Å². The topological polar surface area (TPSA) is 80.0 Å². The van der Waals surface area contributed by atoms with Crippen molar-refractivity contribution in [2.45, 2.75) is 32.9 Å². The Hall–Kier alpha value is -1.43. The summed E-state index contributed by atoms with van der Waals surface area (Å²) in [4.78, 5) is 15.1. The molecule has 0 aromatic carbocycles. The van der Waals surface area contributed by atoms with Crippen LogP contribution >= 0.6 is 0 Å². The molecule has 1 unspecified atom stereocenters.